The van der Waals surface area contributed by atoms with Crippen LogP contribution in [0.2, 0.25) is 0 Å². The lowest BCUT2D eigenvalue weighted by Gasteiger charge is -2.18. The summed E-state index contributed by atoms with van der Waals surface area (Å²) in [4.78, 5) is 38.4. The smallest absolute Gasteiger partial charge is 0.306 e. The Bertz CT molecular complexity index is 1270. The Morgan fingerprint density at radius 3 is 0.763 bits per heavy atom. The SMILES string of the molecule is CCCCC/C=C\C/C=C\CCCCCCCCCCCC(=O)OC(COC(=O)CCCCCCC/C=C\CCCCCCCC)COC(=O)CCCCCCCCCCCCCCCCCCCCCCCCCC. The number of hydrogen-bond acceptors (Lipinski definition) is 6. The molecule has 0 fully saturated rings. The molecule has 0 saturated heterocycles. The van der Waals surface area contributed by atoms with Crippen molar-refractivity contribution < 1.29 is 28.6 Å². The highest BCUT2D eigenvalue weighted by Gasteiger charge is 2.19. The van der Waals surface area contributed by atoms with Crippen LogP contribution in [0, 0.1) is 0 Å². The van der Waals surface area contributed by atoms with E-state index in [4.69, 9.17) is 14.2 Å². The third-order valence-corrected chi connectivity index (χ3v) is 15.4. The van der Waals surface area contributed by atoms with Gasteiger partial charge in [-0.25, -0.2) is 0 Å². The van der Waals surface area contributed by atoms with Gasteiger partial charge in [-0.15, -0.1) is 0 Å². The number of carbonyl (C=O) groups is 3. The second-order valence-electron chi connectivity index (χ2n) is 23.1. The Morgan fingerprint density at radius 2 is 0.474 bits per heavy atom. The summed E-state index contributed by atoms with van der Waals surface area (Å²) in [5, 5.41) is 0. The van der Waals surface area contributed by atoms with Gasteiger partial charge in [0.1, 0.15) is 13.2 Å². The first kappa shape index (κ1) is 73.6. The summed E-state index contributed by atoms with van der Waals surface area (Å²) < 4.78 is 17.0. The molecule has 0 aromatic rings. The summed E-state index contributed by atoms with van der Waals surface area (Å²) in [5.74, 6) is -0.859. The number of carbonyl (C=O) groups excluding carboxylic acids is 3. The van der Waals surface area contributed by atoms with Crippen molar-refractivity contribution >= 4 is 17.9 Å². The summed E-state index contributed by atoms with van der Waals surface area (Å²) in [6.07, 6.45) is 80.2. The van der Waals surface area contributed by atoms with Crippen LogP contribution in [0.15, 0.2) is 36.5 Å². The number of unbranched alkanes of at least 4 members (excludes halogenated alkanes) is 46. The van der Waals surface area contributed by atoms with Crippen LogP contribution in [0.4, 0.5) is 0 Å². The fourth-order valence-electron chi connectivity index (χ4n) is 10.2. The first-order valence-corrected chi connectivity index (χ1v) is 34.0. The van der Waals surface area contributed by atoms with Crippen LogP contribution in [0.1, 0.15) is 374 Å². The lowest BCUT2D eigenvalue weighted by atomic mass is 10.0. The molecule has 0 radical (unpaired) electrons. The minimum absolute atomic E-state index is 0.0719. The van der Waals surface area contributed by atoms with E-state index >= 15 is 0 Å². The zero-order valence-electron chi connectivity index (χ0n) is 51.3. The van der Waals surface area contributed by atoms with Gasteiger partial charge < -0.3 is 14.2 Å². The van der Waals surface area contributed by atoms with Crippen LogP contribution in [-0.2, 0) is 28.6 Å². The maximum atomic E-state index is 12.9. The molecule has 1 atom stereocenters. The number of esters is 3. The molecule has 1 unspecified atom stereocenters. The van der Waals surface area contributed by atoms with Crippen molar-refractivity contribution in [1.29, 1.82) is 0 Å². The zero-order chi connectivity index (χ0) is 55.0. The fraction of sp³-hybridized carbons (Fsp3) is 0.871. The van der Waals surface area contributed by atoms with E-state index < -0.39 is 6.10 Å². The van der Waals surface area contributed by atoms with Crippen molar-refractivity contribution in [3.8, 4) is 0 Å². The Kier molecular flexibility index (Phi) is 63.1. The molecule has 76 heavy (non-hydrogen) atoms. The van der Waals surface area contributed by atoms with Gasteiger partial charge in [0.05, 0.1) is 0 Å². The van der Waals surface area contributed by atoms with Gasteiger partial charge in [0.15, 0.2) is 6.10 Å². The molecule has 0 rings (SSSR count). The molecule has 6 heteroatoms. The molecule has 0 aromatic heterocycles. The largest absolute Gasteiger partial charge is 0.462 e. The molecule has 0 saturated carbocycles. The van der Waals surface area contributed by atoms with Gasteiger partial charge >= 0.3 is 17.9 Å². The molecule has 446 valence electrons. The average molecular weight is 1070 g/mol. The van der Waals surface area contributed by atoms with Gasteiger partial charge in [-0.3, -0.25) is 14.4 Å². The highest BCUT2D eigenvalue weighted by atomic mass is 16.6. The minimum atomic E-state index is -0.777. The molecule has 0 aliphatic carbocycles. The van der Waals surface area contributed by atoms with Gasteiger partial charge in [-0.1, -0.05) is 314 Å². The lowest BCUT2D eigenvalue weighted by molar-refractivity contribution is -0.167. The van der Waals surface area contributed by atoms with Crippen LogP contribution in [0.25, 0.3) is 0 Å². The molecule has 0 spiro atoms. The lowest BCUT2D eigenvalue weighted by Crippen LogP contribution is -2.30. The monoisotopic (exact) mass is 1070 g/mol. The zero-order valence-corrected chi connectivity index (χ0v) is 51.3. The number of ether oxygens (including phenoxy) is 3. The van der Waals surface area contributed by atoms with E-state index in [1.807, 2.05) is 0 Å². The first-order chi connectivity index (χ1) is 37.5. The van der Waals surface area contributed by atoms with Gasteiger partial charge in [0, 0.05) is 19.3 Å². The van der Waals surface area contributed by atoms with Crippen molar-refractivity contribution in [3.05, 3.63) is 36.5 Å². The van der Waals surface area contributed by atoms with E-state index in [9.17, 15) is 14.4 Å². The van der Waals surface area contributed by atoms with Crippen molar-refractivity contribution in [2.75, 3.05) is 13.2 Å². The number of rotatable bonds is 63. The van der Waals surface area contributed by atoms with Crippen molar-refractivity contribution in [2.24, 2.45) is 0 Å². The minimum Gasteiger partial charge on any atom is -0.462 e. The van der Waals surface area contributed by atoms with Gasteiger partial charge in [-0.05, 0) is 77.0 Å². The highest BCUT2D eigenvalue weighted by molar-refractivity contribution is 5.71. The van der Waals surface area contributed by atoms with E-state index in [1.165, 1.54) is 263 Å². The van der Waals surface area contributed by atoms with Crippen molar-refractivity contribution in [3.63, 3.8) is 0 Å². The van der Waals surface area contributed by atoms with E-state index in [0.717, 1.165) is 70.6 Å². The van der Waals surface area contributed by atoms with E-state index in [0.29, 0.717) is 19.3 Å². The molecule has 0 heterocycles. The van der Waals surface area contributed by atoms with E-state index in [2.05, 4.69) is 57.2 Å². The Morgan fingerprint density at radius 1 is 0.263 bits per heavy atom. The molecule has 0 aliphatic rings. The molecule has 0 amide bonds. The summed E-state index contributed by atoms with van der Waals surface area (Å²) >= 11 is 0. The average Bonchev–Trinajstić information content (AvgIpc) is 3.42. The molecular weight excluding hydrogens is 937 g/mol. The Balaban J connectivity index is 4.28. The predicted octanol–water partition coefficient (Wildman–Crippen LogP) is 23.2. The van der Waals surface area contributed by atoms with Crippen LogP contribution in [-0.4, -0.2) is 37.2 Å². The Hall–Kier alpha value is -2.37. The fourth-order valence-corrected chi connectivity index (χ4v) is 10.2. The van der Waals surface area contributed by atoms with Crippen molar-refractivity contribution in [1.82, 2.24) is 0 Å². The second kappa shape index (κ2) is 65.2. The maximum Gasteiger partial charge on any atom is 0.306 e. The standard InChI is InChI=1S/C70H130O6/c1-4-7-10-13-16-19-22-25-28-30-32-33-34-35-36-38-39-42-45-48-51-54-57-60-63-69(72)75-66-67(65-74-68(71)62-59-56-53-50-47-44-41-27-24-21-18-15-12-9-6-3)76-70(73)64-61-58-55-52-49-46-43-40-37-31-29-26-23-20-17-14-11-8-5-2/h17,20,26-27,29,41,67H,4-16,18-19,21-25,28,30-40,42-66H2,1-3H3/b20-17-,29-26-,41-27-. The van der Waals surface area contributed by atoms with Crippen LogP contribution < -0.4 is 0 Å². The summed E-state index contributed by atoms with van der Waals surface area (Å²) in [7, 11) is 0. The molecular formula is C70H130O6. The quantitative estimate of drug-likeness (QED) is 0.0261. The van der Waals surface area contributed by atoms with Crippen molar-refractivity contribution in [2.45, 2.75) is 380 Å². The van der Waals surface area contributed by atoms with Gasteiger partial charge in [0.25, 0.3) is 0 Å². The summed E-state index contributed by atoms with van der Waals surface area (Å²) in [6.45, 7) is 6.67. The third-order valence-electron chi connectivity index (χ3n) is 15.4. The molecule has 0 N–H and O–H groups in total. The number of allylic oxidation sites excluding steroid dienone is 6. The maximum absolute atomic E-state index is 12.9. The van der Waals surface area contributed by atoms with E-state index in [1.54, 1.807) is 0 Å². The van der Waals surface area contributed by atoms with Crippen LogP contribution in [0.3, 0.4) is 0 Å². The number of hydrogen-bond donors (Lipinski definition) is 0. The summed E-state index contributed by atoms with van der Waals surface area (Å²) in [6, 6.07) is 0. The second-order valence-corrected chi connectivity index (χ2v) is 23.1. The molecule has 0 aliphatic heterocycles. The van der Waals surface area contributed by atoms with Crippen LogP contribution in [0.5, 0.6) is 0 Å². The molecule has 6 nitrogen and oxygen atoms in total. The topological polar surface area (TPSA) is 78.9 Å². The van der Waals surface area contributed by atoms with Gasteiger partial charge in [-0.2, -0.15) is 0 Å². The third kappa shape index (κ3) is 62.5. The van der Waals surface area contributed by atoms with Crippen LogP contribution >= 0.6 is 0 Å². The first-order valence-electron chi connectivity index (χ1n) is 34.0. The van der Waals surface area contributed by atoms with Gasteiger partial charge in [0.2, 0.25) is 0 Å². The highest BCUT2D eigenvalue weighted by Crippen LogP contribution is 2.18. The molecule has 0 bridgehead atoms. The van der Waals surface area contributed by atoms with E-state index in [-0.39, 0.29) is 31.1 Å². The summed E-state index contributed by atoms with van der Waals surface area (Å²) in [5.41, 5.74) is 0. The predicted molar refractivity (Wildman–Crippen MR) is 330 cm³/mol. The normalized spacial score (nSPS) is 12.2. The molecule has 0 aromatic carbocycles. The Labute approximate surface area is 474 Å².